The van der Waals surface area contributed by atoms with E-state index < -0.39 is 0 Å². The predicted octanol–water partition coefficient (Wildman–Crippen LogP) is 2.37. The van der Waals surface area contributed by atoms with E-state index in [0.717, 1.165) is 34.9 Å². The van der Waals surface area contributed by atoms with Gasteiger partial charge in [0.1, 0.15) is 0 Å². The molecule has 6 heteroatoms. The SMILES string of the molecule is CCSc1cccc(N(C)CCCOC)c1/C(N)=N/O. The minimum atomic E-state index is 0.148. The third kappa shape index (κ3) is 4.31. The topological polar surface area (TPSA) is 71.1 Å². The van der Waals surface area contributed by atoms with E-state index in [0.29, 0.717) is 6.61 Å². The number of hydrogen-bond acceptors (Lipinski definition) is 5. The van der Waals surface area contributed by atoms with E-state index in [-0.39, 0.29) is 5.84 Å². The van der Waals surface area contributed by atoms with Crippen LogP contribution in [0.3, 0.4) is 0 Å². The highest BCUT2D eigenvalue weighted by Gasteiger charge is 2.15. The number of anilines is 1. The van der Waals surface area contributed by atoms with E-state index in [1.807, 2.05) is 25.2 Å². The van der Waals surface area contributed by atoms with Crippen molar-refractivity contribution in [3.63, 3.8) is 0 Å². The van der Waals surface area contributed by atoms with E-state index in [1.165, 1.54) is 0 Å². The summed E-state index contributed by atoms with van der Waals surface area (Å²) in [6.45, 7) is 3.64. The Hall–Kier alpha value is -1.40. The molecular weight excluding hydrogens is 274 g/mol. The first-order valence-corrected chi connectivity index (χ1v) is 7.58. The summed E-state index contributed by atoms with van der Waals surface area (Å²) in [4.78, 5) is 3.13. The van der Waals surface area contributed by atoms with Crippen molar-refractivity contribution in [1.29, 1.82) is 0 Å². The zero-order chi connectivity index (χ0) is 15.0. The number of thioether (sulfide) groups is 1. The van der Waals surface area contributed by atoms with Crippen LogP contribution in [0.2, 0.25) is 0 Å². The summed E-state index contributed by atoms with van der Waals surface area (Å²) in [6, 6.07) is 5.97. The summed E-state index contributed by atoms with van der Waals surface area (Å²) in [6.07, 6.45) is 0.924. The highest BCUT2D eigenvalue weighted by atomic mass is 32.2. The summed E-state index contributed by atoms with van der Waals surface area (Å²) < 4.78 is 5.07. The van der Waals surface area contributed by atoms with Gasteiger partial charge in [-0.05, 0) is 24.3 Å². The van der Waals surface area contributed by atoms with Crippen molar-refractivity contribution < 1.29 is 9.94 Å². The monoisotopic (exact) mass is 297 g/mol. The molecule has 0 heterocycles. The van der Waals surface area contributed by atoms with Gasteiger partial charge in [-0.2, -0.15) is 0 Å². The molecule has 0 aliphatic heterocycles. The van der Waals surface area contributed by atoms with Gasteiger partial charge < -0.3 is 20.6 Å². The molecular formula is C14H23N3O2S. The van der Waals surface area contributed by atoms with Crippen LogP contribution < -0.4 is 10.6 Å². The van der Waals surface area contributed by atoms with E-state index in [1.54, 1.807) is 18.9 Å². The van der Waals surface area contributed by atoms with Crippen LogP contribution in [-0.4, -0.2) is 44.1 Å². The lowest BCUT2D eigenvalue weighted by Gasteiger charge is -2.23. The standard InChI is InChI=1S/C14H23N3O2S/c1-4-20-12-8-5-7-11(13(12)14(15)16-18)17(2)9-6-10-19-3/h5,7-8,18H,4,6,9-10H2,1-3H3,(H2,15,16). The second kappa shape index (κ2) is 8.71. The summed E-state index contributed by atoms with van der Waals surface area (Å²) in [5.41, 5.74) is 7.61. The van der Waals surface area contributed by atoms with Crippen LogP contribution in [0.25, 0.3) is 0 Å². The lowest BCUT2D eigenvalue weighted by molar-refractivity contribution is 0.196. The molecule has 0 aliphatic rings. The lowest BCUT2D eigenvalue weighted by atomic mass is 10.1. The number of nitrogens with two attached hydrogens (primary N) is 1. The molecule has 0 aromatic heterocycles. The quantitative estimate of drug-likeness (QED) is 0.192. The first kappa shape index (κ1) is 16.7. The number of benzene rings is 1. The second-order valence-electron chi connectivity index (χ2n) is 4.34. The predicted molar refractivity (Wildman–Crippen MR) is 85.1 cm³/mol. The molecule has 1 aromatic rings. The number of amidine groups is 1. The molecule has 112 valence electrons. The Morgan fingerprint density at radius 3 is 2.85 bits per heavy atom. The molecule has 3 N–H and O–H groups in total. The Labute approximate surface area is 124 Å². The van der Waals surface area contributed by atoms with Gasteiger partial charge in [0.2, 0.25) is 0 Å². The fraction of sp³-hybridized carbons (Fsp3) is 0.500. The average Bonchev–Trinajstić information content (AvgIpc) is 2.46. The number of oxime groups is 1. The normalized spacial score (nSPS) is 11.7. The molecule has 0 radical (unpaired) electrons. The molecule has 20 heavy (non-hydrogen) atoms. The van der Waals surface area contributed by atoms with Crippen LogP contribution in [0.1, 0.15) is 18.9 Å². The van der Waals surface area contributed by atoms with E-state index in [4.69, 9.17) is 15.7 Å². The smallest absolute Gasteiger partial charge is 0.173 e. The second-order valence-corrected chi connectivity index (χ2v) is 5.64. The van der Waals surface area contributed by atoms with E-state index in [9.17, 15) is 0 Å². The fourth-order valence-electron chi connectivity index (χ4n) is 1.99. The minimum absolute atomic E-state index is 0.148. The molecule has 0 amide bonds. The van der Waals surface area contributed by atoms with Crippen molar-refractivity contribution >= 4 is 23.3 Å². The molecule has 5 nitrogen and oxygen atoms in total. The van der Waals surface area contributed by atoms with Crippen molar-refractivity contribution in [2.24, 2.45) is 10.9 Å². The third-order valence-electron chi connectivity index (χ3n) is 2.92. The van der Waals surface area contributed by atoms with Crippen LogP contribution >= 0.6 is 11.8 Å². The molecule has 1 rings (SSSR count). The van der Waals surface area contributed by atoms with Crippen molar-refractivity contribution in [2.75, 3.05) is 38.0 Å². The Morgan fingerprint density at radius 1 is 1.50 bits per heavy atom. The fourth-order valence-corrected chi connectivity index (χ4v) is 2.83. The van der Waals surface area contributed by atoms with Gasteiger partial charge in [0.25, 0.3) is 0 Å². The molecule has 1 aromatic carbocycles. The summed E-state index contributed by atoms with van der Waals surface area (Å²) >= 11 is 1.68. The maximum Gasteiger partial charge on any atom is 0.173 e. The zero-order valence-corrected chi connectivity index (χ0v) is 13.1. The molecule has 0 bridgehead atoms. The maximum absolute atomic E-state index is 9.02. The number of methoxy groups -OCH3 is 1. The summed E-state index contributed by atoms with van der Waals surface area (Å²) in [5, 5.41) is 12.2. The molecule has 0 saturated carbocycles. The largest absolute Gasteiger partial charge is 0.409 e. The molecule has 0 fully saturated rings. The third-order valence-corrected chi connectivity index (χ3v) is 3.86. The molecule has 0 aliphatic carbocycles. The number of nitrogens with zero attached hydrogens (tertiary/aromatic N) is 2. The van der Waals surface area contributed by atoms with Crippen LogP contribution in [0.15, 0.2) is 28.3 Å². The minimum Gasteiger partial charge on any atom is -0.409 e. The Balaban J connectivity index is 3.07. The van der Waals surface area contributed by atoms with Gasteiger partial charge in [-0.25, -0.2) is 0 Å². The zero-order valence-electron chi connectivity index (χ0n) is 12.3. The first-order chi connectivity index (χ1) is 9.65. The number of hydrogen-bond donors (Lipinski definition) is 2. The Kier molecular flexibility index (Phi) is 7.25. The van der Waals surface area contributed by atoms with E-state index in [2.05, 4.69) is 17.0 Å². The highest BCUT2D eigenvalue weighted by molar-refractivity contribution is 7.99. The van der Waals surface area contributed by atoms with Crippen LogP contribution in [0.4, 0.5) is 5.69 Å². The van der Waals surface area contributed by atoms with Gasteiger partial charge in [0, 0.05) is 37.9 Å². The first-order valence-electron chi connectivity index (χ1n) is 6.59. The molecule has 0 unspecified atom stereocenters. The van der Waals surface area contributed by atoms with Gasteiger partial charge in [-0.15, -0.1) is 11.8 Å². The Morgan fingerprint density at radius 2 is 2.25 bits per heavy atom. The number of rotatable bonds is 8. The van der Waals surface area contributed by atoms with Crippen LogP contribution in [-0.2, 0) is 4.74 Å². The van der Waals surface area contributed by atoms with Gasteiger partial charge in [0.05, 0.1) is 5.56 Å². The highest BCUT2D eigenvalue weighted by Crippen LogP contribution is 2.30. The lowest BCUT2D eigenvalue weighted by Crippen LogP contribution is -2.25. The van der Waals surface area contributed by atoms with Crippen molar-refractivity contribution in [3.8, 4) is 0 Å². The van der Waals surface area contributed by atoms with E-state index >= 15 is 0 Å². The number of ether oxygens (including phenoxy) is 1. The summed E-state index contributed by atoms with van der Waals surface area (Å²) in [7, 11) is 3.69. The molecule has 0 atom stereocenters. The Bertz CT molecular complexity index is 452. The van der Waals surface area contributed by atoms with Gasteiger partial charge in [-0.3, -0.25) is 0 Å². The molecule has 0 spiro atoms. The van der Waals surface area contributed by atoms with Crippen LogP contribution in [0, 0.1) is 0 Å². The van der Waals surface area contributed by atoms with Gasteiger partial charge in [-0.1, -0.05) is 18.1 Å². The molecule has 0 saturated heterocycles. The van der Waals surface area contributed by atoms with Gasteiger partial charge >= 0.3 is 0 Å². The van der Waals surface area contributed by atoms with Crippen molar-refractivity contribution in [3.05, 3.63) is 23.8 Å². The average molecular weight is 297 g/mol. The van der Waals surface area contributed by atoms with Crippen molar-refractivity contribution in [2.45, 2.75) is 18.2 Å². The van der Waals surface area contributed by atoms with Gasteiger partial charge in [0.15, 0.2) is 5.84 Å². The summed E-state index contributed by atoms with van der Waals surface area (Å²) in [5.74, 6) is 1.08. The van der Waals surface area contributed by atoms with Crippen molar-refractivity contribution in [1.82, 2.24) is 0 Å². The van der Waals surface area contributed by atoms with Crippen LogP contribution in [0.5, 0.6) is 0 Å². The maximum atomic E-state index is 9.02.